The van der Waals surface area contributed by atoms with Crippen LogP contribution in [0.25, 0.3) is 0 Å². The van der Waals surface area contributed by atoms with Crippen molar-refractivity contribution >= 4 is 11.8 Å². The monoisotopic (exact) mass is 283 g/mol. The van der Waals surface area contributed by atoms with Crippen LogP contribution in [0.3, 0.4) is 0 Å². The molecule has 1 aromatic rings. The highest BCUT2D eigenvalue weighted by atomic mass is 32.2. The highest BCUT2D eigenvalue weighted by molar-refractivity contribution is 8.00. The molecule has 0 unspecified atom stereocenters. The largest absolute Gasteiger partial charge is 0.446 e. The average Bonchev–Trinajstić information content (AvgIpc) is 2.12. The van der Waals surface area contributed by atoms with Gasteiger partial charge in [0, 0.05) is 17.7 Å². The molecule has 2 N–H and O–H groups in total. The maximum atomic E-state index is 12.8. The Kier molecular flexibility index (Phi) is 3.09. The number of nitrogens with two attached hydrogens (primary N) is 1. The highest BCUT2D eigenvalue weighted by Gasteiger charge is 2.55. The van der Waals surface area contributed by atoms with Crippen LogP contribution in [0, 0.1) is 0 Å². The molecule has 2 rings (SSSR count). The zero-order valence-corrected chi connectivity index (χ0v) is 9.92. The first-order chi connectivity index (χ1) is 8.10. The predicted molar refractivity (Wildman–Crippen MR) is 58.4 cm³/mol. The molecule has 0 aliphatic heterocycles. The number of benzene rings is 1. The summed E-state index contributed by atoms with van der Waals surface area (Å²) in [5.74, 6) is -2.77. The Bertz CT molecular complexity index is 432. The van der Waals surface area contributed by atoms with E-state index in [4.69, 9.17) is 5.73 Å². The van der Waals surface area contributed by atoms with Gasteiger partial charge in [-0.2, -0.15) is 13.2 Å². The minimum atomic E-state index is -4.36. The van der Waals surface area contributed by atoms with E-state index < -0.39 is 29.8 Å². The first-order valence-electron chi connectivity index (χ1n) is 5.13. The molecule has 100 valence electrons. The summed E-state index contributed by atoms with van der Waals surface area (Å²) >= 11 is -0.243. The van der Waals surface area contributed by atoms with Gasteiger partial charge in [-0.1, -0.05) is 12.1 Å². The van der Waals surface area contributed by atoms with Crippen LogP contribution in [-0.4, -0.2) is 11.4 Å². The van der Waals surface area contributed by atoms with Crippen LogP contribution in [0.4, 0.5) is 22.0 Å². The fourth-order valence-corrected chi connectivity index (χ4v) is 2.60. The number of alkyl halides is 5. The van der Waals surface area contributed by atoms with Crippen molar-refractivity contribution in [1.29, 1.82) is 0 Å². The van der Waals surface area contributed by atoms with Gasteiger partial charge in [-0.3, -0.25) is 0 Å². The Morgan fingerprint density at radius 2 is 1.56 bits per heavy atom. The summed E-state index contributed by atoms with van der Waals surface area (Å²) in [6.07, 6.45) is -0.933. The molecule has 0 radical (unpaired) electrons. The van der Waals surface area contributed by atoms with Gasteiger partial charge in [0.1, 0.15) is 0 Å². The maximum absolute atomic E-state index is 12.8. The highest BCUT2D eigenvalue weighted by Crippen LogP contribution is 2.50. The smallest absolute Gasteiger partial charge is 0.321 e. The molecule has 1 aromatic carbocycles. The van der Waals surface area contributed by atoms with Crippen LogP contribution >= 0.6 is 11.8 Å². The summed E-state index contributed by atoms with van der Waals surface area (Å²) in [7, 11) is 0. The zero-order valence-electron chi connectivity index (χ0n) is 9.10. The van der Waals surface area contributed by atoms with Crippen molar-refractivity contribution in [3.05, 3.63) is 29.8 Å². The Hall–Kier alpha value is -0.820. The van der Waals surface area contributed by atoms with Gasteiger partial charge in [0.25, 0.3) is 5.92 Å². The maximum Gasteiger partial charge on any atom is 0.446 e. The second-order valence-corrected chi connectivity index (χ2v) is 5.58. The molecule has 7 heteroatoms. The molecular weight excluding hydrogens is 273 g/mol. The summed E-state index contributed by atoms with van der Waals surface area (Å²) in [5, 5.41) is 0. The lowest BCUT2D eigenvalue weighted by molar-refractivity contribution is -0.125. The lowest BCUT2D eigenvalue weighted by atomic mass is 9.70. The van der Waals surface area contributed by atoms with Crippen LogP contribution < -0.4 is 5.73 Å². The molecule has 0 atom stereocenters. The molecule has 0 saturated heterocycles. The van der Waals surface area contributed by atoms with Gasteiger partial charge >= 0.3 is 5.51 Å². The number of thioether (sulfide) groups is 1. The average molecular weight is 283 g/mol. The van der Waals surface area contributed by atoms with Crippen molar-refractivity contribution in [2.24, 2.45) is 5.73 Å². The van der Waals surface area contributed by atoms with Gasteiger partial charge in [-0.25, -0.2) is 8.78 Å². The van der Waals surface area contributed by atoms with Crippen LogP contribution in [0.15, 0.2) is 29.2 Å². The first kappa shape index (κ1) is 13.6. The Balaban J connectivity index is 2.09. The fourth-order valence-electron chi connectivity index (χ4n) is 2.06. The van der Waals surface area contributed by atoms with Crippen LogP contribution in [0.2, 0.25) is 0 Å². The Morgan fingerprint density at radius 1 is 1.06 bits per heavy atom. The molecule has 0 spiro atoms. The predicted octanol–water partition coefficient (Wildman–Crippen LogP) is 3.88. The topological polar surface area (TPSA) is 26.0 Å². The Labute approximate surface area is 105 Å². The number of hydrogen-bond donors (Lipinski definition) is 1. The van der Waals surface area contributed by atoms with Gasteiger partial charge in [-0.15, -0.1) is 0 Å². The lowest BCUT2D eigenvalue weighted by Crippen LogP contribution is -2.55. The van der Waals surface area contributed by atoms with Crippen molar-refractivity contribution in [1.82, 2.24) is 0 Å². The molecule has 1 fully saturated rings. The quantitative estimate of drug-likeness (QED) is 0.658. The van der Waals surface area contributed by atoms with E-state index in [-0.39, 0.29) is 16.7 Å². The molecule has 1 aliphatic rings. The summed E-state index contributed by atoms with van der Waals surface area (Å²) in [6.45, 7) is 0. The van der Waals surface area contributed by atoms with Gasteiger partial charge < -0.3 is 5.73 Å². The molecule has 0 bridgehead atoms. The first-order valence-corrected chi connectivity index (χ1v) is 5.94. The van der Waals surface area contributed by atoms with Crippen molar-refractivity contribution in [3.63, 3.8) is 0 Å². The lowest BCUT2D eigenvalue weighted by Gasteiger charge is -2.44. The molecule has 0 amide bonds. The zero-order chi connectivity index (χ0) is 13.6. The van der Waals surface area contributed by atoms with E-state index in [0.717, 1.165) is 0 Å². The minimum absolute atomic E-state index is 0.0148. The van der Waals surface area contributed by atoms with E-state index >= 15 is 0 Å². The molecule has 18 heavy (non-hydrogen) atoms. The second-order valence-electron chi connectivity index (χ2n) is 4.44. The third-order valence-electron chi connectivity index (χ3n) is 2.81. The molecule has 1 saturated carbocycles. The van der Waals surface area contributed by atoms with E-state index in [1.54, 1.807) is 0 Å². The third-order valence-corrected chi connectivity index (χ3v) is 3.55. The molecule has 0 heterocycles. The van der Waals surface area contributed by atoms with Crippen molar-refractivity contribution in [3.8, 4) is 0 Å². The second kappa shape index (κ2) is 4.09. The van der Waals surface area contributed by atoms with E-state index in [2.05, 4.69) is 0 Å². The number of hydrogen-bond acceptors (Lipinski definition) is 2. The summed E-state index contributed by atoms with van der Waals surface area (Å²) < 4.78 is 61.9. The molecule has 1 nitrogen and oxygen atoms in total. The van der Waals surface area contributed by atoms with Crippen molar-refractivity contribution < 1.29 is 22.0 Å². The molecular formula is C11H10F5NS. The van der Waals surface area contributed by atoms with Crippen LogP contribution in [0.5, 0.6) is 0 Å². The van der Waals surface area contributed by atoms with Gasteiger partial charge in [0.05, 0.1) is 5.54 Å². The van der Waals surface area contributed by atoms with Gasteiger partial charge in [0.15, 0.2) is 0 Å². The van der Waals surface area contributed by atoms with Gasteiger partial charge in [-0.05, 0) is 29.5 Å². The van der Waals surface area contributed by atoms with Crippen LogP contribution in [0.1, 0.15) is 18.4 Å². The number of rotatable bonds is 2. The van der Waals surface area contributed by atoms with Crippen LogP contribution in [-0.2, 0) is 5.54 Å². The Morgan fingerprint density at radius 3 is 1.94 bits per heavy atom. The standard InChI is InChI=1S/C11H10F5NS/c12-10(13)5-9(17,6-10)7-1-3-8(4-2-7)18-11(14,15)16/h1-4H,5-6,17H2. The number of halogens is 5. The minimum Gasteiger partial charge on any atom is -0.321 e. The van der Waals surface area contributed by atoms with E-state index in [1.165, 1.54) is 24.3 Å². The molecule has 0 aromatic heterocycles. The molecule has 1 aliphatic carbocycles. The van der Waals surface area contributed by atoms with E-state index in [0.29, 0.717) is 5.56 Å². The van der Waals surface area contributed by atoms with Crippen molar-refractivity contribution in [2.45, 2.75) is 34.7 Å². The van der Waals surface area contributed by atoms with E-state index in [9.17, 15) is 22.0 Å². The SMILES string of the molecule is NC1(c2ccc(SC(F)(F)F)cc2)CC(F)(F)C1. The summed E-state index contributed by atoms with van der Waals surface area (Å²) in [6, 6.07) is 5.25. The fraction of sp³-hybridized carbons (Fsp3) is 0.455. The normalized spacial score (nSPS) is 21.4. The van der Waals surface area contributed by atoms with Gasteiger partial charge in [0.2, 0.25) is 0 Å². The summed E-state index contributed by atoms with van der Waals surface area (Å²) in [4.78, 5) is 0.0148. The summed E-state index contributed by atoms with van der Waals surface area (Å²) in [5.41, 5.74) is 0.737. The third kappa shape index (κ3) is 2.95. The van der Waals surface area contributed by atoms with Crippen molar-refractivity contribution in [2.75, 3.05) is 0 Å². The van der Waals surface area contributed by atoms with E-state index in [1.807, 2.05) is 0 Å².